The van der Waals surface area contributed by atoms with Crippen molar-refractivity contribution in [3.8, 4) is 0 Å². The van der Waals surface area contributed by atoms with Gasteiger partial charge in [0, 0.05) is 0 Å². The molecular weight excluding hydrogens is 138 g/mol. The lowest BCUT2D eigenvalue weighted by Crippen LogP contribution is -2.27. The van der Waals surface area contributed by atoms with Crippen LogP contribution in [0.25, 0.3) is 0 Å². The largest absolute Gasteiger partial charge is 0.322 e. The molecule has 11 heavy (non-hydrogen) atoms. The number of rotatable bonds is 6. The Morgan fingerprint density at radius 2 is 2.00 bits per heavy atom. The monoisotopic (exact) mass is 157 g/mol. The Kier molecular flexibility index (Phi) is 6.13. The van der Waals surface area contributed by atoms with E-state index in [-0.39, 0.29) is 11.8 Å². The van der Waals surface area contributed by atoms with Crippen molar-refractivity contribution in [2.24, 2.45) is 5.73 Å². The molecule has 0 aliphatic rings. The molecule has 0 radical (unpaired) electrons. The van der Waals surface area contributed by atoms with Crippen LogP contribution in [0.5, 0.6) is 0 Å². The molecule has 0 aliphatic carbocycles. The van der Waals surface area contributed by atoms with E-state index in [1.165, 1.54) is 19.3 Å². The average molecular weight is 157 g/mol. The van der Waals surface area contributed by atoms with Crippen molar-refractivity contribution >= 4 is 5.78 Å². The van der Waals surface area contributed by atoms with Crippen LogP contribution in [0.1, 0.15) is 46.0 Å². The zero-order chi connectivity index (χ0) is 8.69. The fourth-order valence-electron chi connectivity index (χ4n) is 0.994. The number of Topliss-reactive ketones (excluding diaryl/α,β-unsaturated/α-hetero) is 1. The summed E-state index contributed by atoms with van der Waals surface area (Å²) in [6.07, 6.45) is 5.64. The first kappa shape index (κ1) is 10.6. The standard InChI is InChI=1S/C9H19NO/c1-3-4-5-6-7-9(10)8(2)11/h9H,3-7,10H2,1-2H3. The number of hydrogen-bond acceptors (Lipinski definition) is 2. The van der Waals surface area contributed by atoms with Gasteiger partial charge >= 0.3 is 0 Å². The molecule has 0 aromatic rings. The SMILES string of the molecule is CCCCCCC(N)C(C)=O. The average Bonchev–Trinajstić information content (AvgIpc) is 1.97. The molecule has 0 aromatic carbocycles. The van der Waals surface area contributed by atoms with Gasteiger partial charge < -0.3 is 5.73 Å². The van der Waals surface area contributed by atoms with Crippen molar-refractivity contribution in [3.63, 3.8) is 0 Å². The van der Waals surface area contributed by atoms with Gasteiger partial charge in [-0.2, -0.15) is 0 Å². The maximum Gasteiger partial charge on any atom is 0.146 e. The van der Waals surface area contributed by atoms with Crippen LogP contribution in [0.4, 0.5) is 0 Å². The summed E-state index contributed by atoms with van der Waals surface area (Å²) in [5.74, 6) is 0.112. The minimum absolute atomic E-state index is 0.112. The summed E-state index contributed by atoms with van der Waals surface area (Å²) >= 11 is 0. The van der Waals surface area contributed by atoms with Crippen molar-refractivity contribution < 1.29 is 4.79 Å². The quantitative estimate of drug-likeness (QED) is 0.598. The molecule has 1 atom stereocenters. The predicted molar refractivity (Wildman–Crippen MR) is 47.4 cm³/mol. The molecule has 0 rings (SSSR count). The van der Waals surface area contributed by atoms with Gasteiger partial charge in [-0.05, 0) is 13.3 Å². The highest BCUT2D eigenvalue weighted by Gasteiger charge is 2.05. The van der Waals surface area contributed by atoms with Gasteiger partial charge in [0.15, 0.2) is 0 Å². The summed E-state index contributed by atoms with van der Waals surface area (Å²) in [4.78, 5) is 10.7. The maximum atomic E-state index is 10.7. The molecule has 66 valence electrons. The number of carbonyl (C=O) groups is 1. The third kappa shape index (κ3) is 6.05. The third-order valence-electron chi connectivity index (χ3n) is 1.89. The normalized spacial score (nSPS) is 13.0. The summed E-state index contributed by atoms with van der Waals surface area (Å²) in [6, 6.07) is -0.216. The van der Waals surface area contributed by atoms with Crippen molar-refractivity contribution in [3.05, 3.63) is 0 Å². The smallest absolute Gasteiger partial charge is 0.146 e. The summed E-state index contributed by atoms with van der Waals surface area (Å²) in [5.41, 5.74) is 5.55. The topological polar surface area (TPSA) is 43.1 Å². The number of unbranched alkanes of at least 4 members (excludes halogenated alkanes) is 3. The molecule has 0 saturated heterocycles. The number of ketones is 1. The van der Waals surface area contributed by atoms with Crippen LogP contribution in [-0.2, 0) is 4.79 Å². The van der Waals surface area contributed by atoms with E-state index in [2.05, 4.69) is 6.92 Å². The van der Waals surface area contributed by atoms with E-state index in [0.717, 1.165) is 12.8 Å². The molecule has 2 nitrogen and oxygen atoms in total. The first-order chi connectivity index (χ1) is 5.18. The van der Waals surface area contributed by atoms with E-state index in [1.54, 1.807) is 6.92 Å². The van der Waals surface area contributed by atoms with Gasteiger partial charge in [0.05, 0.1) is 6.04 Å². The molecule has 0 amide bonds. The molecule has 0 saturated carbocycles. The molecule has 0 heterocycles. The number of hydrogen-bond donors (Lipinski definition) is 1. The highest BCUT2D eigenvalue weighted by atomic mass is 16.1. The zero-order valence-corrected chi connectivity index (χ0v) is 7.60. The fourth-order valence-corrected chi connectivity index (χ4v) is 0.994. The Morgan fingerprint density at radius 3 is 2.45 bits per heavy atom. The van der Waals surface area contributed by atoms with Crippen LogP contribution in [0.3, 0.4) is 0 Å². The van der Waals surface area contributed by atoms with Gasteiger partial charge in [-0.1, -0.05) is 32.6 Å². The van der Waals surface area contributed by atoms with Crippen molar-refractivity contribution in [1.82, 2.24) is 0 Å². The number of carbonyl (C=O) groups excluding carboxylic acids is 1. The van der Waals surface area contributed by atoms with Gasteiger partial charge in [-0.15, -0.1) is 0 Å². The van der Waals surface area contributed by atoms with Crippen LogP contribution < -0.4 is 5.73 Å². The molecule has 2 heteroatoms. The first-order valence-electron chi connectivity index (χ1n) is 4.44. The molecule has 0 fully saturated rings. The van der Waals surface area contributed by atoms with E-state index in [0.29, 0.717) is 0 Å². The van der Waals surface area contributed by atoms with Gasteiger partial charge in [-0.25, -0.2) is 0 Å². The molecule has 2 N–H and O–H groups in total. The molecule has 0 aliphatic heterocycles. The molecular formula is C9H19NO. The van der Waals surface area contributed by atoms with E-state index >= 15 is 0 Å². The Hall–Kier alpha value is -0.370. The van der Waals surface area contributed by atoms with E-state index < -0.39 is 0 Å². The van der Waals surface area contributed by atoms with Crippen LogP contribution in [0, 0.1) is 0 Å². The zero-order valence-electron chi connectivity index (χ0n) is 7.60. The molecule has 0 spiro atoms. The predicted octanol–water partition coefficient (Wildman–Crippen LogP) is 1.87. The van der Waals surface area contributed by atoms with Gasteiger partial charge in [0.25, 0.3) is 0 Å². The second kappa shape index (κ2) is 6.35. The van der Waals surface area contributed by atoms with Crippen LogP contribution >= 0.6 is 0 Å². The third-order valence-corrected chi connectivity index (χ3v) is 1.89. The Bertz CT molecular complexity index is 112. The van der Waals surface area contributed by atoms with Gasteiger partial charge in [-0.3, -0.25) is 4.79 Å². The maximum absolute atomic E-state index is 10.7. The summed E-state index contributed by atoms with van der Waals surface area (Å²) < 4.78 is 0. The summed E-state index contributed by atoms with van der Waals surface area (Å²) in [6.45, 7) is 3.73. The highest BCUT2D eigenvalue weighted by molar-refractivity contribution is 5.80. The second-order valence-electron chi connectivity index (χ2n) is 3.07. The van der Waals surface area contributed by atoms with Crippen LogP contribution in [-0.4, -0.2) is 11.8 Å². The van der Waals surface area contributed by atoms with E-state index in [9.17, 15) is 4.79 Å². The Labute approximate surface area is 69.2 Å². The van der Waals surface area contributed by atoms with Gasteiger partial charge in [0.1, 0.15) is 5.78 Å². The second-order valence-corrected chi connectivity index (χ2v) is 3.07. The minimum Gasteiger partial charge on any atom is -0.322 e. The Balaban J connectivity index is 3.17. The van der Waals surface area contributed by atoms with E-state index in [4.69, 9.17) is 5.73 Å². The fraction of sp³-hybridized carbons (Fsp3) is 0.889. The van der Waals surface area contributed by atoms with Crippen molar-refractivity contribution in [2.45, 2.75) is 52.0 Å². The van der Waals surface area contributed by atoms with Crippen molar-refractivity contribution in [2.75, 3.05) is 0 Å². The minimum atomic E-state index is -0.216. The van der Waals surface area contributed by atoms with Crippen molar-refractivity contribution in [1.29, 1.82) is 0 Å². The highest BCUT2D eigenvalue weighted by Crippen LogP contribution is 2.04. The number of nitrogens with two attached hydrogens (primary N) is 1. The van der Waals surface area contributed by atoms with Crippen LogP contribution in [0.2, 0.25) is 0 Å². The lowest BCUT2D eigenvalue weighted by atomic mass is 10.1. The first-order valence-corrected chi connectivity index (χ1v) is 4.44. The summed E-state index contributed by atoms with van der Waals surface area (Å²) in [7, 11) is 0. The molecule has 0 aromatic heterocycles. The molecule has 1 unspecified atom stereocenters. The molecule has 0 bridgehead atoms. The lowest BCUT2D eigenvalue weighted by Gasteiger charge is -2.05. The van der Waals surface area contributed by atoms with E-state index in [1.807, 2.05) is 0 Å². The van der Waals surface area contributed by atoms with Gasteiger partial charge in [0.2, 0.25) is 0 Å². The lowest BCUT2D eigenvalue weighted by molar-refractivity contribution is -0.118. The van der Waals surface area contributed by atoms with Crippen LogP contribution in [0.15, 0.2) is 0 Å². The Morgan fingerprint density at radius 1 is 1.36 bits per heavy atom. The summed E-state index contributed by atoms with van der Waals surface area (Å²) in [5, 5.41) is 0.